The summed E-state index contributed by atoms with van der Waals surface area (Å²) in [5.74, 6) is 0.432. The summed E-state index contributed by atoms with van der Waals surface area (Å²) >= 11 is 6.07. The summed E-state index contributed by atoms with van der Waals surface area (Å²) in [6.45, 7) is 0.239. The molecule has 0 fully saturated rings. The van der Waals surface area contributed by atoms with Crippen LogP contribution in [0.5, 0.6) is 5.75 Å². The van der Waals surface area contributed by atoms with E-state index in [1.54, 1.807) is 12.1 Å². The number of ether oxygens (including phenoxy) is 1. The third kappa shape index (κ3) is 2.89. The lowest BCUT2D eigenvalue weighted by Gasteiger charge is -2.33. The van der Waals surface area contributed by atoms with Crippen molar-refractivity contribution in [2.45, 2.75) is 17.4 Å². The Morgan fingerprint density at radius 3 is 2.70 bits per heavy atom. The van der Waals surface area contributed by atoms with Crippen LogP contribution in [-0.2, 0) is 16.4 Å². The first-order chi connectivity index (χ1) is 10.9. The molecular formula is C16H17ClN2O3S. The molecule has 0 saturated carbocycles. The number of anilines is 1. The Morgan fingerprint density at radius 1 is 1.26 bits per heavy atom. The second-order valence-electron chi connectivity index (χ2n) is 5.43. The van der Waals surface area contributed by atoms with Gasteiger partial charge in [0.2, 0.25) is 0 Å². The number of nitrogens with two attached hydrogens (primary N) is 1. The second kappa shape index (κ2) is 6.03. The van der Waals surface area contributed by atoms with E-state index in [9.17, 15) is 8.42 Å². The highest BCUT2D eigenvalue weighted by atomic mass is 35.5. The molecule has 1 unspecified atom stereocenters. The Kier molecular flexibility index (Phi) is 4.23. The van der Waals surface area contributed by atoms with Gasteiger partial charge in [-0.15, -0.1) is 0 Å². The van der Waals surface area contributed by atoms with Crippen LogP contribution >= 0.6 is 11.6 Å². The molecule has 23 heavy (non-hydrogen) atoms. The zero-order valence-electron chi connectivity index (χ0n) is 12.6. The molecule has 0 amide bonds. The second-order valence-corrected chi connectivity index (χ2v) is 7.69. The highest BCUT2D eigenvalue weighted by molar-refractivity contribution is 7.92. The Bertz CT molecular complexity index is 839. The molecule has 1 aliphatic rings. The number of nitrogens with zero attached hydrogens (tertiary/aromatic N) is 1. The van der Waals surface area contributed by atoms with Crippen LogP contribution in [0.25, 0.3) is 0 Å². The van der Waals surface area contributed by atoms with Crippen molar-refractivity contribution in [1.29, 1.82) is 0 Å². The average Bonchev–Trinajstić information content (AvgIpc) is 2.53. The van der Waals surface area contributed by atoms with Gasteiger partial charge in [0.05, 0.1) is 22.7 Å². The Hall–Kier alpha value is -1.76. The van der Waals surface area contributed by atoms with E-state index in [0.717, 1.165) is 5.56 Å². The number of para-hydroxylation sites is 1. The number of benzene rings is 2. The fraction of sp³-hybridized carbons (Fsp3) is 0.250. The maximum Gasteiger partial charge on any atom is 0.264 e. The molecule has 1 aliphatic heterocycles. The molecule has 5 nitrogen and oxygen atoms in total. The predicted molar refractivity (Wildman–Crippen MR) is 90.7 cm³/mol. The number of hydrogen-bond acceptors (Lipinski definition) is 4. The zero-order valence-corrected chi connectivity index (χ0v) is 14.1. The van der Waals surface area contributed by atoms with Gasteiger partial charge in [-0.05, 0) is 36.2 Å². The summed E-state index contributed by atoms with van der Waals surface area (Å²) in [7, 11) is -2.26. The summed E-state index contributed by atoms with van der Waals surface area (Å²) in [6.07, 6.45) is 0.658. The maximum atomic E-state index is 13.0. The lowest BCUT2D eigenvalue weighted by Crippen LogP contribution is -2.46. The zero-order chi connectivity index (χ0) is 16.6. The number of rotatable bonds is 3. The Labute approximate surface area is 140 Å². The van der Waals surface area contributed by atoms with Gasteiger partial charge in [-0.1, -0.05) is 29.8 Å². The SMILES string of the molecule is COc1ccc(S(=O)(=O)N2CC(N)Cc3ccccc32)cc1Cl. The first-order valence-corrected chi connectivity index (χ1v) is 8.95. The van der Waals surface area contributed by atoms with Crippen LogP contribution in [-0.4, -0.2) is 28.1 Å². The van der Waals surface area contributed by atoms with Gasteiger partial charge in [-0.2, -0.15) is 0 Å². The van der Waals surface area contributed by atoms with Gasteiger partial charge in [0, 0.05) is 12.6 Å². The number of hydrogen-bond donors (Lipinski definition) is 1. The van der Waals surface area contributed by atoms with Crippen molar-refractivity contribution >= 4 is 27.3 Å². The Morgan fingerprint density at radius 2 is 2.00 bits per heavy atom. The first-order valence-electron chi connectivity index (χ1n) is 7.13. The largest absolute Gasteiger partial charge is 0.495 e. The molecule has 1 heterocycles. The van der Waals surface area contributed by atoms with Crippen LogP contribution in [0.2, 0.25) is 5.02 Å². The van der Waals surface area contributed by atoms with Gasteiger partial charge in [0.15, 0.2) is 0 Å². The highest BCUT2D eigenvalue weighted by Gasteiger charge is 2.32. The summed E-state index contributed by atoms with van der Waals surface area (Å²) in [6, 6.07) is 11.6. The molecular weight excluding hydrogens is 336 g/mol. The summed E-state index contributed by atoms with van der Waals surface area (Å²) < 4.78 is 32.5. The predicted octanol–water partition coefficient (Wildman–Crippen LogP) is 2.43. The summed E-state index contributed by atoms with van der Waals surface area (Å²) in [5, 5.41) is 0.253. The molecule has 0 aliphatic carbocycles. The summed E-state index contributed by atoms with van der Waals surface area (Å²) in [5.41, 5.74) is 7.63. The Balaban J connectivity index is 2.08. The molecule has 0 bridgehead atoms. The average molecular weight is 353 g/mol. The molecule has 0 saturated heterocycles. The fourth-order valence-electron chi connectivity index (χ4n) is 2.75. The highest BCUT2D eigenvalue weighted by Crippen LogP contribution is 2.34. The molecule has 7 heteroatoms. The van der Waals surface area contributed by atoms with E-state index in [4.69, 9.17) is 22.1 Å². The van der Waals surface area contributed by atoms with Crippen LogP contribution in [0.3, 0.4) is 0 Å². The third-order valence-corrected chi connectivity index (χ3v) is 5.93. The number of halogens is 1. The van der Waals surface area contributed by atoms with Crippen molar-refractivity contribution in [3.8, 4) is 5.75 Å². The third-order valence-electron chi connectivity index (χ3n) is 3.85. The van der Waals surface area contributed by atoms with E-state index in [2.05, 4.69) is 0 Å². The first kappa shape index (κ1) is 16.1. The van der Waals surface area contributed by atoms with E-state index < -0.39 is 10.0 Å². The topological polar surface area (TPSA) is 72.6 Å². The molecule has 0 spiro atoms. The maximum absolute atomic E-state index is 13.0. The van der Waals surface area contributed by atoms with Crippen LogP contribution in [0.15, 0.2) is 47.4 Å². The smallest absolute Gasteiger partial charge is 0.264 e. The van der Waals surface area contributed by atoms with Crippen LogP contribution in [0, 0.1) is 0 Å². The van der Waals surface area contributed by atoms with E-state index in [1.165, 1.54) is 23.5 Å². The van der Waals surface area contributed by atoms with Crippen molar-refractivity contribution in [1.82, 2.24) is 0 Å². The fourth-order valence-corrected chi connectivity index (χ4v) is 4.66. The standard InChI is InChI=1S/C16H17ClN2O3S/c1-22-16-7-6-13(9-14(16)17)23(20,21)19-10-12(18)8-11-4-2-3-5-15(11)19/h2-7,9,12H,8,10,18H2,1H3. The lowest BCUT2D eigenvalue weighted by molar-refractivity contribution is 0.414. The van der Waals surface area contributed by atoms with Crippen LogP contribution < -0.4 is 14.8 Å². The van der Waals surface area contributed by atoms with Gasteiger partial charge in [0.1, 0.15) is 5.75 Å². The quantitative estimate of drug-likeness (QED) is 0.920. The minimum atomic E-state index is -3.74. The molecule has 1 atom stereocenters. The lowest BCUT2D eigenvalue weighted by atomic mass is 10.0. The van der Waals surface area contributed by atoms with Gasteiger partial charge in [-0.3, -0.25) is 4.31 Å². The van der Waals surface area contributed by atoms with Crippen molar-refractivity contribution in [2.75, 3.05) is 18.0 Å². The van der Waals surface area contributed by atoms with E-state index >= 15 is 0 Å². The molecule has 0 aromatic heterocycles. The minimum Gasteiger partial charge on any atom is -0.495 e. The van der Waals surface area contributed by atoms with Gasteiger partial charge < -0.3 is 10.5 Å². The molecule has 0 radical (unpaired) electrons. The van der Waals surface area contributed by atoms with Crippen LogP contribution in [0.4, 0.5) is 5.69 Å². The number of sulfonamides is 1. The normalized spacial score (nSPS) is 17.7. The van der Waals surface area contributed by atoms with Gasteiger partial charge in [0.25, 0.3) is 10.0 Å². The summed E-state index contributed by atoms with van der Waals surface area (Å²) in [4.78, 5) is 0.118. The molecule has 2 aromatic rings. The van der Waals surface area contributed by atoms with Crippen molar-refractivity contribution in [2.24, 2.45) is 5.73 Å². The monoisotopic (exact) mass is 352 g/mol. The van der Waals surface area contributed by atoms with Crippen molar-refractivity contribution in [3.63, 3.8) is 0 Å². The molecule has 122 valence electrons. The van der Waals surface area contributed by atoms with Crippen molar-refractivity contribution in [3.05, 3.63) is 53.1 Å². The van der Waals surface area contributed by atoms with Crippen molar-refractivity contribution < 1.29 is 13.2 Å². The van der Waals surface area contributed by atoms with E-state index in [0.29, 0.717) is 17.9 Å². The van der Waals surface area contributed by atoms with Gasteiger partial charge >= 0.3 is 0 Å². The van der Waals surface area contributed by atoms with E-state index in [-0.39, 0.29) is 22.5 Å². The van der Waals surface area contributed by atoms with Gasteiger partial charge in [-0.25, -0.2) is 8.42 Å². The minimum absolute atomic E-state index is 0.118. The molecule has 3 rings (SSSR count). The molecule has 2 N–H and O–H groups in total. The molecule has 2 aromatic carbocycles. The number of methoxy groups -OCH3 is 1. The number of fused-ring (bicyclic) bond motifs is 1. The van der Waals surface area contributed by atoms with E-state index in [1.807, 2.05) is 18.2 Å². The van der Waals surface area contributed by atoms with Crippen LogP contribution in [0.1, 0.15) is 5.56 Å².